The molecule has 0 aliphatic rings. The molecule has 0 aliphatic carbocycles. The smallest absolute Gasteiger partial charge is 0.251 e. The Morgan fingerprint density at radius 2 is 2.09 bits per heavy atom. The van der Waals surface area contributed by atoms with Crippen LogP contribution in [0.2, 0.25) is 0 Å². The zero-order valence-electron chi connectivity index (χ0n) is 5.61. The zero-order chi connectivity index (χ0) is 9.07. The predicted molar refractivity (Wildman–Crippen MR) is 27.3 cm³/mol. The van der Waals surface area contributed by atoms with E-state index in [4.69, 9.17) is 0 Å². The molecule has 0 amide bonds. The summed E-state index contributed by atoms with van der Waals surface area (Å²) in [6.07, 6.45) is -4.40. The normalized spacial score (nSPS) is 16.2. The minimum atomic E-state index is -3.57. The second kappa shape index (κ2) is 3.54. The van der Waals surface area contributed by atoms with Crippen LogP contribution < -0.4 is 0 Å². The van der Waals surface area contributed by atoms with Crippen LogP contribution in [0.1, 0.15) is 13.3 Å². The van der Waals surface area contributed by atoms with Gasteiger partial charge in [-0.3, -0.25) is 4.94 Å². The van der Waals surface area contributed by atoms with E-state index in [0.29, 0.717) is 0 Å². The SMILES string of the molecule is CCC(F)(C(=O)OF)C(F)F. The topological polar surface area (TPSA) is 26.3 Å². The van der Waals surface area contributed by atoms with Gasteiger partial charge in [-0.1, -0.05) is 6.92 Å². The largest absolute Gasteiger partial charge is 0.391 e. The molecular weight excluding hydrogens is 168 g/mol. The predicted octanol–water partition coefficient (Wildman–Crippen LogP) is 1.80. The van der Waals surface area contributed by atoms with Crippen LogP contribution >= 0.6 is 0 Å². The van der Waals surface area contributed by atoms with E-state index < -0.39 is 24.5 Å². The molecule has 1 unspecified atom stereocenters. The molecule has 6 heteroatoms. The van der Waals surface area contributed by atoms with Gasteiger partial charge in [-0.05, 0) is 6.42 Å². The first-order valence-corrected chi connectivity index (χ1v) is 2.79. The van der Waals surface area contributed by atoms with Gasteiger partial charge in [0.25, 0.3) is 12.1 Å². The summed E-state index contributed by atoms with van der Waals surface area (Å²) < 4.78 is 46.9. The molecule has 0 rings (SSSR count). The molecule has 66 valence electrons. The molecule has 0 aliphatic heterocycles. The summed E-state index contributed by atoms with van der Waals surface area (Å²) in [4.78, 5) is 12.4. The molecule has 0 aromatic carbocycles. The molecule has 0 heterocycles. The van der Waals surface area contributed by atoms with Gasteiger partial charge >= 0.3 is 5.97 Å². The standard InChI is InChI=1S/C5H6F4O2/c1-2-5(8,3(6)7)4(10)11-9/h3H,2H2,1H3. The Balaban J connectivity index is 4.45. The third kappa shape index (κ3) is 1.81. The molecule has 0 bridgehead atoms. The molecule has 2 nitrogen and oxygen atoms in total. The monoisotopic (exact) mass is 174 g/mol. The minimum Gasteiger partial charge on any atom is -0.251 e. The van der Waals surface area contributed by atoms with Crippen LogP contribution in [0.5, 0.6) is 0 Å². The lowest BCUT2D eigenvalue weighted by molar-refractivity contribution is -0.208. The first-order valence-electron chi connectivity index (χ1n) is 2.79. The van der Waals surface area contributed by atoms with Crippen LogP contribution in [0.25, 0.3) is 0 Å². The quantitative estimate of drug-likeness (QED) is 0.609. The zero-order valence-corrected chi connectivity index (χ0v) is 5.61. The first kappa shape index (κ1) is 10.2. The number of hydrogen-bond donors (Lipinski definition) is 0. The van der Waals surface area contributed by atoms with Crippen molar-refractivity contribution in [2.45, 2.75) is 25.4 Å². The second-order valence-corrected chi connectivity index (χ2v) is 1.88. The van der Waals surface area contributed by atoms with Gasteiger partial charge in [-0.15, -0.1) is 0 Å². The van der Waals surface area contributed by atoms with Gasteiger partial charge in [0.15, 0.2) is 0 Å². The van der Waals surface area contributed by atoms with Crippen molar-refractivity contribution >= 4 is 5.97 Å². The highest BCUT2D eigenvalue weighted by Gasteiger charge is 2.49. The molecule has 0 fully saturated rings. The average molecular weight is 174 g/mol. The van der Waals surface area contributed by atoms with Crippen LogP contribution in [-0.4, -0.2) is 18.1 Å². The van der Waals surface area contributed by atoms with Crippen LogP contribution in [0, 0.1) is 0 Å². The van der Waals surface area contributed by atoms with Crippen molar-refractivity contribution in [1.29, 1.82) is 0 Å². The van der Waals surface area contributed by atoms with Crippen molar-refractivity contribution < 1.29 is 27.4 Å². The van der Waals surface area contributed by atoms with Crippen LogP contribution in [0.3, 0.4) is 0 Å². The number of hydrogen-bond acceptors (Lipinski definition) is 2. The van der Waals surface area contributed by atoms with E-state index in [0.717, 1.165) is 6.92 Å². The van der Waals surface area contributed by atoms with Crippen molar-refractivity contribution in [3.05, 3.63) is 0 Å². The van der Waals surface area contributed by atoms with Crippen molar-refractivity contribution in [3.8, 4) is 0 Å². The van der Waals surface area contributed by atoms with E-state index in [1.165, 1.54) is 0 Å². The molecule has 0 spiro atoms. The fourth-order valence-electron chi connectivity index (χ4n) is 0.452. The van der Waals surface area contributed by atoms with Crippen molar-refractivity contribution in [3.63, 3.8) is 0 Å². The maximum atomic E-state index is 12.6. The highest BCUT2D eigenvalue weighted by atomic mass is 19.3. The Hall–Kier alpha value is -0.810. The molecule has 0 radical (unpaired) electrons. The van der Waals surface area contributed by atoms with Gasteiger partial charge in [0.05, 0.1) is 0 Å². The lowest BCUT2D eigenvalue weighted by Gasteiger charge is -2.16. The summed E-state index contributed by atoms with van der Waals surface area (Å²) in [5.74, 6) is -2.19. The lowest BCUT2D eigenvalue weighted by Crippen LogP contribution is -2.40. The number of carbonyl (C=O) groups is 1. The molecule has 0 N–H and O–H groups in total. The second-order valence-electron chi connectivity index (χ2n) is 1.88. The van der Waals surface area contributed by atoms with Crippen molar-refractivity contribution in [1.82, 2.24) is 0 Å². The Morgan fingerprint density at radius 1 is 1.64 bits per heavy atom. The van der Waals surface area contributed by atoms with Crippen LogP contribution in [-0.2, 0) is 9.74 Å². The van der Waals surface area contributed by atoms with E-state index >= 15 is 0 Å². The Bertz CT molecular complexity index is 149. The number of alkyl halides is 3. The maximum Gasteiger partial charge on any atom is 0.391 e. The Morgan fingerprint density at radius 3 is 2.18 bits per heavy atom. The van der Waals surface area contributed by atoms with Crippen molar-refractivity contribution in [2.24, 2.45) is 0 Å². The van der Waals surface area contributed by atoms with E-state index in [1.807, 2.05) is 0 Å². The third-order valence-corrected chi connectivity index (χ3v) is 1.27. The molecule has 0 saturated carbocycles. The summed E-state index contributed by atoms with van der Waals surface area (Å²) in [6.45, 7) is 0.989. The van der Waals surface area contributed by atoms with E-state index in [2.05, 4.69) is 4.94 Å². The molecule has 1 atom stereocenters. The van der Waals surface area contributed by atoms with Gasteiger partial charge in [0.1, 0.15) is 0 Å². The highest BCUT2D eigenvalue weighted by molar-refractivity contribution is 5.79. The Labute approximate surface area is 60.0 Å². The first-order chi connectivity index (χ1) is 4.99. The molecule has 0 aromatic rings. The van der Waals surface area contributed by atoms with E-state index in [-0.39, 0.29) is 0 Å². The number of halogens is 4. The van der Waals surface area contributed by atoms with E-state index in [1.54, 1.807) is 0 Å². The summed E-state index contributed by atoms with van der Waals surface area (Å²) in [7, 11) is 0. The van der Waals surface area contributed by atoms with E-state index in [9.17, 15) is 22.5 Å². The fraction of sp³-hybridized carbons (Fsp3) is 0.800. The van der Waals surface area contributed by atoms with Gasteiger partial charge in [0.2, 0.25) is 0 Å². The summed E-state index contributed by atoms with van der Waals surface area (Å²) in [6, 6.07) is 0. The van der Waals surface area contributed by atoms with Gasteiger partial charge in [-0.25, -0.2) is 18.0 Å². The maximum absolute atomic E-state index is 12.6. The average Bonchev–Trinajstić information content (AvgIpc) is 2.01. The molecule has 11 heavy (non-hydrogen) atoms. The summed E-state index contributed by atoms with van der Waals surface area (Å²) >= 11 is 0. The highest BCUT2D eigenvalue weighted by Crippen LogP contribution is 2.26. The lowest BCUT2D eigenvalue weighted by atomic mass is 10.1. The molecule has 0 aromatic heterocycles. The molecular formula is C5H6F4O2. The van der Waals surface area contributed by atoms with Crippen LogP contribution in [0.4, 0.5) is 17.7 Å². The minimum absolute atomic E-state index is 0.826. The van der Waals surface area contributed by atoms with Gasteiger partial charge in [-0.2, -0.15) is 0 Å². The fourth-order valence-corrected chi connectivity index (χ4v) is 0.452. The summed E-state index contributed by atoms with van der Waals surface area (Å²) in [5, 5.41) is 0. The third-order valence-electron chi connectivity index (χ3n) is 1.27. The number of rotatable bonds is 3. The summed E-state index contributed by atoms with van der Waals surface area (Å²) in [5.41, 5.74) is -3.52. The Kier molecular flexibility index (Phi) is 3.28. The van der Waals surface area contributed by atoms with Gasteiger partial charge in [0, 0.05) is 4.53 Å². The van der Waals surface area contributed by atoms with Crippen molar-refractivity contribution in [2.75, 3.05) is 0 Å². The molecule has 0 saturated heterocycles. The van der Waals surface area contributed by atoms with Gasteiger partial charge < -0.3 is 0 Å². The van der Waals surface area contributed by atoms with Crippen LogP contribution in [0.15, 0.2) is 0 Å². The number of carbonyl (C=O) groups excluding carboxylic acids is 1.